The Labute approximate surface area is 150 Å². The largest absolute Gasteiger partial charge is 0.345 e. The van der Waals surface area contributed by atoms with Crippen LogP contribution in [0.25, 0.3) is 10.2 Å². The van der Waals surface area contributed by atoms with E-state index in [9.17, 15) is 4.79 Å². The summed E-state index contributed by atoms with van der Waals surface area (Å²) in [6.45, 7) is 5.96. The summed E-state index contributed by atoms with van der Waals surface area (Å²) in [6.07, 6.45) is 5.85. The minimum atomic E-state index is -0.0972. The number of thiophene rings is 1. The van der Waals surface area contributed by atoms with Gasteiger partial charge in [-0.1, -0.05) is 6.07 Å². The maximum absolute atomic E-state index is 12.8. The topological polar surface area (TPSA) is 67.8 Å². The van der Waals surface area contributed by atoms with Crippen LogP contribution in [0.4, 0.5) is 0 Å². The summed E-state index contributed by atoms with van der Waals surface area (Å²) in [5.74, 6) is 1.37. The van der Waals surface area contributed by atoms with E-state index in [0.717, 1.165) is 37.7 Å². The Morgan fingerprint density at radius 1 is 1.32 bits per heavy atom. The average molecular weight is 352 g/mol. The minimum absolute atomic E-state index is 0.0655. The molecule has 3 heterocycles. The van der Waals surface area contributed by atoms with Crippen LogP contribution in [0.5, 0.6) is 0 Å². The average Bonchev–Trinajstić information content (AvgIpc) is 3.39. The summed E-state index contributed by atoms with van der Waals surface area (Å²) >= 11 is 1.46. The second kappa shape index (κ2) is 6.19. The van der Waals surface area contributed by atoms with Crippen LogP contribution >= 0.6 is 11.3 Å². The summed E-state index contributed by atoms with van der Waals surface area (Å²) in [6, 6.07) is 3.74. The summed E-state index contributed by atoms with van der Waals surface area (Å²) in [5, 5.41) is 4.09. The number of nitrogens with zero attached hydrogens (tertiary/aromatic N) is 3. The molecule has 3 aromatic heterocycles. The molecule has 0 aromatic carbocycles. The fourth-order valence-corrected chi connectivity index (χ4v) is 4.22. The summed E-state index contributed by atoms with van der Waals surface area (Å²) < 4.78 is 0. The summed E-state index contributed by atoms with van der Waals surface area (Å²) in [4.78, 5) is 27.9. The van der Waals surface area contributed by atoms with E-state index < -0.39 is 0 Å². The number of nitrogens with one attached hydrogen (secondary N) is 1. The molecule has 4 rings (SSSR count). The van der Waals surface area contributed by atoms with Gasteiger partial charge in [0.15, 0.2) is 0 Å². The highest BCUT2D eigenvalue weighted by atomic mass is 32.1. The quantitative estimate of drug-likeness (QED) is 0.768. The molecule has 0 bridgehead atoms. The lowest BCUT2D eigenvalue weighted by molar-refractivity contribution is 0.0943. The van der Waals surface area contributed by atoms with Crippen LogP contribution in [0.2, 0.25) is 0 Å². The van der Waals surface area contributed by atoms with E-state index in [0.29, 0.717) is 5.92 Å². The molecule has 3 aromatic rings. The zero-order valence-corrected chi connectivity index (χ0v) is 15.4. The molecule has 6 heteroatoms. The lowest BCUT2D eigenvalue weighted by Crippen LogP contribution is -2.26. The van der Waals surface area contributed by atoms with Gasteiger partial charge in [0, 0.05) is 23.7 Å². The molecule has 1 unspecified atom stereocenters. The van der Waals surface area contributed by atoms with Gasteiger partial charge in [-0.25, -0.2) is 9.97 Å². The second-order valence-electron chi connectivity index (χ2n) is 6.66. The zero-order valence-electron chi connectivity index (χ0n) is 14.5. The van der Waals surface area contributed by atoms with Crippen molar-refractivity contribution in [1.29, 1.82) is 0 Å². The van der Waals surface area contributed by atoms with Crippen LogP contribution in [0, 0.1) is 13.8 Å². The van der Waals surface area contributed by atoms with Crippen molar-refractivity contribution >= 4 is 27.5 Å². The molecule has 0 aliphatic heterocycles. The fourth-order valence-electron chi connectivity index (χ4n) is 3.08. The number of carbonyl (C=O) groups is 1. The third-order valence-electron chi connectivity index (χ3n) is 4.67. The number of amides is 1. The van der Waals surface area contributed by atoms with Gasteiger partial charge in [0.05, 0.1) is 16.6 Å². The van der Waals surface area contributed by atoms with Crippen LogP contribution in [0.1, 0.15) is 64.0 Å². The van der Waals surface area contributed by atoms with Crippen LogP contribution < -0.4 is 5.32 Å². The first-order valence-electron chi connectivity index (χ1n) is 8.53. The van der Waals surface area contributed by atoms with Gasteiger partial charge in [-0.2, -0.15) is 0 Å². The predicted octanol–water partition coefficient (Wildman–Crippen LogP) is 4.07. The Morgan fingerprint density at radius 3 is 2.80 bits per heavy atom. The van der Waals surface area contributed by atoms with Gasteiger partial charge < -0.3 is 5.32 Å². The first-order valence-corrected chi connectivity index (χ1v) is 9.34. The third kappa shape index (κ3) is 3.02. The monoisotopic (exact) mass is 352 g/mol. The fraction of sp³-hybridized carbons (Fsp3) is 0.368. The van der Waals surface area contributed by atoms with E-state index in [1.54, 1.807) is 12.4 Å². The highest BCUT2D eigenvalue weighted by Gasteiger charge is 2.28. The van der Waals surface area contributed by atoms with Crippen LogP contribution in [0.3, 0.4) is 0 Å². The molecule has 0 spiro atoms. The highest BCUT2D eigenvalue weighted by molar-refractivity contribution is 7.20. The Morgan fingerprint density at radius 2 is 2.12 bits per heavy atom. The first kappa shape index (κ1) is 16.1. The number of pyridine rings is 1. The van der Waals surface area contributed by atoms with Crippen LogP contribution in [0.15, 0.2) is 24.5 Å². The Balaban J connectivity index is 1.65. The Bertz CT molecular complexity index is 947. The van der Waals surface area contributed by atoms with Gasteiger partial charge in [-0.3, -0.25) is 9.78 Å². The van der Waals surface area contributed by atoms with Crippen molar-refractivity contribution in [2.75, 3.05) is 0 Å². The van der Waals surface area contributed by atoms with Crippen molar-refractivity contribution in [1.82, 2.24) is 20.3 Å². The maximum atomic E-state index is 12.8. The maximum Gasteiger partial charge on any atom is 0.262 e. The normalized spacial score (nSPS) is 15.3. The molecule has 0 radical (unpaired) electrons. The third-order valence-corrected chi connectivity index (χ3v) is 5.85. The lowest BCUT2D eigenvalue weighted by Gasteiger charge is -2.13. The number of hydrogen-bond donors (Lipinski definition) is 1. The predicted molar refractivity (Wildman–Crippen MR) is 99.0 cm³/mol. The van der Waals surface area contributed by atoms with Gasteiger partial charge >= 0.3 is 0 Å². The molecular formula is C19H20N4OS. The van der Waals surface area contributed by atoms with Gasteiger partial charge in [0.2, 0.25) is 0 Å². The van der Waals surface area contributed by atoms with E-state index in [2.05, 4.69) is 15.3 Å². The molecule has 1 saturated carbocycles. The van der Waals surface area contributed by atoms with Crippen molar-refractivity contribution in [2.24, 2.45) is 0 Å². The number of aryl methyl sites for hydroxylation is 2. The molecule has 1 N–H and O–H groups in total. The van der Waals surface area contributed by atoms with Crippen molar-refractivity contribution in [3.05, 3.63) is 52.0 Å². The number of carbonyl (C=O) groups excluding carboxylic acids is 1. The van der Waals surface area contributed by atoms with Gasteiger partial charge in [0.25, 0.3) is 5.91 Å². The van der Waals surface area contributed by atoms with Crippen LogP contribution in [-0.4, -0.2) is 20.9 Å². The van der Waals surface area contributed by atoms with Gasteiger partial charge in [0.1, 0.15) is 10.7 Å². The number of rotatable bonds is 4. The molecule has 128 valence electrons. The molecule has 1 fully saturated rings. The molecule has 5 nitrogen and oxygen atoms in total. The molecule has 1 amide bonds. The molecule has 1 aliphatic rings. The molecular weight excluding hydrogens is 332 g/mol. The Kier molecular flexibility index (Phi) is 4.00. The number of fused-ring (bicyclic) bond motifs is 1. The van der Waals surface area contributed by atoms with E-state index in [-0.39, 0.29) is 11.9 Å². The van der Waals surface area contributed by atoms with E-state index in [4.69, 9.17) is 4.98 Å². The van der Waals surface area contributed by atoms with E-state index >= 15 is 0 Å². The van der Waals surface area contributed by atoms with Crippen molar-refractivity contribution < 1.29 is 4.79 Å². The second-order valence-corrected chi connectivity index (χ2v) is 7.66. The molecule has 25 heavy (non-hydrogen) atoms. The van der Waals surface area contributed by atoms with Crippen molar-refractivity contribution in [3.8, 4) is 0 Å². The van der Waals surface area contributed by atoms with Crippen LogP contribution in [-0.2, 0) is 0 Å². The smallest absolute Gasteiger partial charge is 0.262 e. The first-order chi connectivity index (χ1) is 12.0. The number of hydrogen-bond acceptors (Lipinski definition) is 5. The van der Waals surface area contributed by atoms with Crippen molar-refractivity contribution in [2.45, 2.75) is 45.6 Å². The van der Waals surface area contributed by atoms with Gasteiger partial charge in [-0.05, 0) is 50.8 Å². The SMILES string of the molecule is Cc1nc(C2CC2)nc2sc(C(=O)NC(C)c3cccnc3)c(C)c12. The molecule has 0 saturated heterocycles. The van der Waals surface area contributed by atoms with Gasteiger partial charge in [-0.15, -0.1) is 11.3 Å². The Hall–Kier alpha value is -2.34. The van der Waals surface area contributed by atoms with E-state index in [1.807, 2.05) is 32.9 Å². The molecule has 1 aliphatic carbocycles. The summed E-state index contributed by atoms with van der Waals surface area (Å²) in [7, 11) is 0. The zero-order chi connectivity index (χ0) is 17.6. The standard InChI is InChI=1S/C19H20N4OS/c1-10-15-12(3)21-17(13-6-7-13)23-19(15)25-16(10)18(24)22-11(2)14-5-4-8-20-9-14/h4-5,8-9,11,13H,6-7H2,1-3H3,(H,22,24). The minimum Gasteiger partial charge on any atom is -0.345 e. The van der Waals surface area contributed by atoms with E-state index in [1.165, 1.54) is 24.2 Å². The van der Waals surface area contributed by atoms with Crippen molar-refractivity contribution in [3.63, 3.8) is 0 Å². The molecule has 1 atom stereocenters. The highest BCUT2D eigenvalue weighted by Crippen LogP contribution is 2.40. The summed E-state index contributed by atoms with van der Waals surface area (Å²) in [5.41, 5.74) is 2.93. The lowest BCUT2D eigenvalue weighted by atomic mass is 10.1. The number of aromatic nitrogens is 3.